The number of aromatic nitrogens is 2. The maximum Gasteiger partial charge on any atom is 0.137 e. The first-order valence-corrected chi connectivity index (χ1v) is 9.95. The highest BCUT2D eigenvalue weighted by Crippen LogP contribution is 2.26. The van der Waals surface area contributed by atoms with Gasteiger partial charge in [-0.25, -0.2) is 4.52 Å². The van der Waals surface area contributed by atoms with Crippen LogP contribution in [0.15, 0.2) is 54.9 Å². The quantitative estimate of drug-likeness (QED) is 0.577. The van der Waals surface area contributed by atoms with Gasteiger partial charge in [0.1, 0.15) is 5.75 Å². The van der Waals surface area contributed by atoms with Crippen LogP contribution in [-0.2, 0) is 0 Å². The molecule has 0 aliphatic carbocycles. The Bertz CT molecular complexity index is 873. The van der Waals surface area contributed by atoms with Crippen LogP contribution in [0.5, 0.6) is 5.75 Å². The van der Waals surface area contributed by atoms with Crippen LogP contribution in [0.2, 0.25) is 5.02 Å². The van der Waals surface area contributed by atoms with Crippen molar-refractivity contribution < 1.29 is 4.74 Å². The SMILES string of the molecule is Clc1ccccc1N1CCN(CCCCOc2ccc3ccnn3c2)CC1. The van der Waals surface area contributed by atoms with E-state index in [9.17, 15) is 0 Å². The average Bonchev–Trinajstić information content (AvgIpc) is 3.17. The molecule has 1 fully saturated rings. The number of nitrogens with zero attached hydrogens (tertiary/aromatic N) is 4. The number of benzene rings is 1. The zero-order valence-electron chi connectivity index (χ0n) is 15.4. The lowest BCUT2D eigenvalue weighted by molar-refractivity contribution is 0.238. The lowest BCUT2D eigenvalue weighted by Crippen LogP contribution is -2.46. The molecule has 5 nitrogen and oxygen atoms in total. The Kier molecular flexibility index (Phi) is 5.80. The van der Waals surface area contributed by atoms with Crippen molar-refractivity contribution >= 4 is 22.8 Å². The van der Waals surface area contributed by atoms with E-state index in [1.165, 1.54) is 0 Å². The van der Waals surface area contributed by atoms with Crippen LogP contribution in [0.4, 0.5) is 5.69 Å². The van der Waals surface area contributed by atoms with Gasteiger partial charge in [-0.2, -0.15) is 5.10 Å². The number of piperazine rings is 1. The van der Waals surface area contributed by atoms with Crippen LogP contribution in [0.25, 0.3) is 5.52 Å². The molecule has 0 saturated carbocycles. The van der Waals surface area contributed by atoms with Crippen molar-refractivity contribution in [2.75, 3.05) is 44.2 Å². The highest BCUT2D eigenvalue weighted by molar-refractivity contribution is 6.33. The van der Waals surface area contributed by atoms with Crippen LogP contribution in [0, 0.1) is 0 Å². The molecule has 4 rings (SSSR count). The third-order valence-electron chi connectivity index (χ3n) is 5.07. The Labute approximate surface area is 165 Å². The molecule has 0 spiro atoms. The Morgan fingerprint density at radius 3 is 2.67 bits per heavy atom. The predicted octanol–water partition coefficient (Wildman–Crippen LogP) is 3.97. The molecule has 0 bridgehead atoms. The molecule has 0 atom stereocenters. The summed E-state index contributed by atoms with van der Waals surface area (Å²) in [4.78, 5) is 4.91. The first kappa shape index (κ1) is 18.1. The number of unbranched alkanes of at least 4 members (excludes halogenated alkanes) is 1. The molecule has 3 heterocycles. The van der Waals surface area contributed by atoms with Gasteiger partial charge in [-0.1, -0.05) is 23.7 Å². The van der Waals surface area contributed by atoms with Gasteiger partial charge in [0.05, 0.1) is 29.0 Å². The number of fused-ring (bicyclic) bond motifs is 1. The summed E-state index contributed by atoms with van der Waals surface area (Å²) >= 11 is 6.31. The van der Waals surface area contributed by atoms with Gasteiger partial charge >= 0.3 is 0 Å². The van der Waals surface area contributed by atoms with E-state index in [1.54, 1.807) is 6.20 Å². The first-order chi connectivity index (χ1) is 13.3. The van der Waals surface area contributed by atoms with Gasteiger partial charge < -0.3 is 9.64 Å². The number of hydrogen-bond donors (Lipinski definition) is 0. The second kappa shape index (κ2) is 8.63. The summed E-state index contributed by atoms with van der Waals surface area (Å²) < 4.78 is 7.70. The van der Waals surface area contributed by atoms with Gasteiger partial charge in [0, 0.05) is 32.4 Å². The van der Waals surface area contributed by atoms with Gasteiger partial charge in [-0.05, 0) is 49.7 Å². The number of hydrogen-bond acceptors (Lipinski definition) is 4. The van der Waals surface area contributed by atoms with Gasteiger partial charge in [-0.3, -0.25) is 4.90 Å². The van der Waals surface area contributed by atoms with Crippen LogP contribution >= 0.6 is 11.6 Å². The van der Waals surface area contributed by atoms with E-state index in [0.717, 1.165) is 74.1 Å². The van der Waals surface area contributed by atoms with E-state index in [2.05, 4.69) is 27.0 Å². The van der Waals surface area contributed by atoms with Gasteiger partial charge in [0.25, 0.3) is 0 Å². The van der Waals surface area contributed by atoms with Crippen LogP contribution in [0.1, 0.15) is 12.8 Å². The normalized spacial score (nSPS) is 15.4. The first-order valence-electron chi connectivity index (χ1n) is 9.58. The maximum atomic E-state index is 6.31. The molecule has 1 saturated heterocycles. The second-order valence-electron chi connectivity index (χ2n) is 6.90. The topological polar surface area (TPSA) is 33.0 Å². The summed E-state index contributed by atoms with van der Waals surface area (Å²) in [5, 5.41) is 5.08. The molecule has 3 aromatic rings. The van der Waals surface area contributed by atoms with Gasteiger partial charge in [0.15, 0.2) is 0 Å². The largest absolute Gasteiger partial charge is 0.492 e. The minimum absolute atomic E-state index is 0.742. The van der Waals surface area contributed by atoms with E-state index < -0.39 is 0 Å². The Morgan fingerprint density at radius 2 is 1.81 bits per heavy atom. The average molecular weight is 385 g/mol. The van der Waals surface area contributed by atoms with E-state index in [1.807, 2.05) is 41.0 Å². The number of para-hydroxylation sites is 1. The second-order valence-corrected chi connectivity index (χ2v) is 7.31. The number of anilines is 1. The van der Waals surface area contributed by atoms with Crippen molar-refractivity contribution in [1.29, 1.82) is 0 Å². The Morgan fingerprint density at radius 1 is 0.963 bits per heavy atom. The van der Waals surface area contributed by atoms with Gasteiger partial charge in [-0.15, -0.1) is 0 Å². The monoisotopic (exact) mass is 384 g/mol. The maximum absolute atomic E-state index is 6.31. The zero-order chi connectivity index (χ0) is 18.5. The van der Waals surface area contributed by atoms with E-state index in [4.69, 9.17) is 16.3 Å². The van der Waals surface area contributed by atoms with Crippen molar-refractivity contribution in [3.8, 4) is 5.75 Å². The Hall–Kier alpha value is -2.24. The molecule has 142 valence electrons. The molecule has 27 heavy (non-hydrogen) atoms. The van der Waals surface area contributed by atoms with E-state index >= 15 is 0 Å². The van der Waals surface area contributed by atoms with Crippen molar-refractivity contribution in [2.45, 2.75) is 12.8 Å². The molecule has 0 radical (unpaired) electrons. The summed E-state index contributed by atoms with van der Waals surface area (Å²) in [7, 11) is 0. The molecule has 0 unspecified atom stereocenters. The molecular weight excluding hydrogens is 360 g/mol. The molecule has 0 N–H and O–H groups in total. The summed E-state index contributed by atoms with van der Waals surface area (Å²) in [5.74, 6) is 0.875. The zero-order valence-corrected chi connectivity index (χ0v) is 16.2. The fourth-order valence-electron chi connectivity index (χ4n) is 3.53. The fourth-order valence-corrected chi connectivity index (χ4v) is 3.78. The van der Waals surface area contributed by atoms with Crippen molar-refractivity contribution in [2.24, 2.45) is 0 Å². The van der Waals surface area contributed by atoms with Gasteiger partial charge in [0.2, 0.25) is 0 Å². The predicted molar refractivity (Wildman–Crippen MR) is 110 cm³/mol. The molecule has 0 amide bonds. The van der Waals surface area contributed by atoms with E-state index in [-0.39, 0.29) is 0 Å². The van der Waals surface area contributed by atoms with E-state index in [0.29, 0.717) is 0 Å². The fraction of sp³-hybridized carbons (Fsp3) is 0.381. The van der Waals surface area contributed by atoms with Crippen molar-refractivity contribution in [1.82, 2.24) is 14.5 Å². The lowest BCUT2D eigenvalue weighted by Gasteiger charge is -2.36. The highest BCUT2D eigenvalue weighted by atomic mass is 35.5. The summed E-state index contributed by atoms with van der Waals surface area (Å²) in [6.07, 6.45) is 5.94. The summed E-state index contributed by atoms with van der Waals surface area (Å²) in [5.41, 5.74) is 2.24. The number of ether oxygens (including phenoxy) is 1. The lowest BCUT2D eigenvalue weighted by atomic mass is 10.2. The van der Waals surface area contributed by atoms with Crippen LogP contribution < -0.4 is 9.64 Å². The number of rotatable bonds is 7. The minimum Gasteiger partial charge on any atom is -0.492 e. The summed E-state index contributed by atoms with van der Waals surface area (Å²) in [6.45, 7) is 6.10. The van der Waals surface area contributed by atoms with Crippen LogP contribution in [0.3, 0.4) is 0 Å². The molecule has 1 aliphatic rings. The third-order valence-corrected chi connectivity index (χ3v) is 5.39. The molecule has 6 heteroatoms. The molecular formula is C21H25ClN4O. The number of halogens is 1. The van der Waals surface area contributed by atoms with Crippen molar-refractivity contribution in [3.05, 3.63) is 59.9 Å². The summed E-state index contributed by atoms with van der Waals surface area (Å²) in [6, 6.07) is 14.1. The number of pyridine rings is 1. The molecule has 1 aromatic carbocycles. The molecule has 1 aliphatic heterocycles. The smallest absolute Gasteiger partial charge is 0.137 e. The van der Waals surface area contributed by atoms with Crippen molar-refractivity contribution in [3.63, 3.8) is 0 Å². The third kappa shape index (κ3) is 4.54. The standard InChI is InChI=1S/C21H25ClN4O/c22-20-5-1-2-6-21(20)25-14-12-24(13-15-25)11-3-4-16-27-19-8-7-18-9-10-23-26(18)17-19/h1-2,5-10,17H,3-4,11-16H2. The Balaban J connectivity index is 1.15. The van der Waals surface area contributed by atoms with Crippen LogP contribution in [-0.4, -0.2) is 53.8 Å². The highest BCUT2D eigenvalue weighted by Gasteiger charge is 2.18. The molecule has 2 aromatic heterocycles. The minimum atomic E-state index is 0.742.